The Morgan fingerprint density at radius 2 is 2.11 bits per heavy atom. The van der Waals surface area contributed by atoms with Crippen molar-refractivity contribution in [2.75, 3.05) is 0 Å². The number of hydrogen-bond acceptors (Lipinski definition) is 3. The van der Waals surface area contributed by atoms with E-state index in [1.165, 1.54) is 19.3 Å². The minimum absolute atomic E-state index is 0.176. The van der Waals surface area contributed by atoms with Crippen molar-refractivity contribution in [2.45, 2.75) is 13.8 Å². The van der Waals surface area contributed by atoms with Crippen LogP contribution in [0.3, 0.4) is 0 Å². The number of carbonyl (C=O) groups is 1. The quantitative estimate of drug-likeness (QED) is 0.616. The van der Waals surface area contributed by atoms with Crippen molar-refractivity contribution in [3.05, 3.63) is 46.6 Å². The third-order valence-corrected chi connectivity index (χ3v) is 2.85. The largest absolute Gasteiger partial charge is 0.294 e. The molecule has 0 aromatic carbocycles. The molecule has 0 radical (unpaired) electrons. The van der Waals surface area contributed by atoms with Gasteiger partial charge in [0.15, 0.2) is 16.8 Å². The van der Waals surface area contributed by atoms with Crippen molar-refractivity contribution in [3.8, 4) is 11.3 Å². The highest BCUT2D eigenvalue weighted by molar-refractivity contribution is 6.29. The lowest BCUT2D eigenvalue weighted by atomic mass is 10.0. The van der Waals surface area contributed by atoms with Crippen LogP contribution in [0.1, 0.15) is 22.8 Å². The number of hydrogen-bond donors (Lipinski definition) is 0. The van der Waals surface area contributed by atoms with Gasteiger partial charge in [-0.25, -0.2) is 9.37 Å². The number of Topliss-reactive ketones (excluding diaryl/α,β-unsaturated/α-hetero) is 1. The molecule has 0 aliphatic rings. The van der Waals surface area contributed by atoms with Crippen LogP contribution in [0.15, 0.2) is 24.5 Å². The van der Waals surface area contributed by atoms with E-state index in [4.69, 9.17) is 11.6 Å². The van der Waals surface area contributed by atoms with Gasteiger partial charge in [0.25, 0.3) is 0 Å². The molecule has 0 saturated carbocycles. The van der Waals surface area contributed by atoms with E-state index in [1.54, 1.807) is 19.1 Å². The van der Waals surface area contributed by atoms with Gasteiger partial charge >= 0.3 is 0 Å². The van der Waals surface area contributed by atoms with Crippen molar-refractivity contribution in [1.82, 2.24) is 9.97 Å². The minimum Gasteiger partial charge on any atom is -0.294 e. The monoisotopic (exact) mass is 264 g/mol. The van der Waals surface area contributed by atoms with Gasteiger partial charge < -0.3 is 0 Å². The van der Waals surface area contributed by atoms with E-state index < -0.39 is 5.82 Å². The Morgan fingerprint density at radius 3 is 2.78 bits per heavy atom. The van der Waals surface area contributed by atoms with Crippen LogP contribution in [0.4, 0.5) is 4.39 Å². The summed E-state index contributed by atoms with van der Waals surface area (Å²) in [6.07, 6.45) is 2.97. The van der Waals surface area contributed by atoms with Crippen molar-refractivity contribution in [2.24, 2.45) is 0 Å². The molecule has 0 bridgehead atoms. The zero-order chi connectivity index (χ0) is 13.3. The van der Waals surface area contributed by atoms with E-state index in [9.17, 15) is 9.18 Å². The van der Waals surface area contributed by atoms with Gasteiger partial charge in [-0.2, -0.15) is 0 Å². The summed E-state index contributed by atoms with van der Waals surface area (Å²) in [7, 11) is 0. The molecular formula is C13H10ClFN2O. The van der Waals surface area contributed by atoms with Gasteiger partial charge in [0, 0.05) is 23.5 Å². The first-order chi connectivity index (χ1) is 8.52. The predicted octanol–water partition coefficient (Wildman–Crippen LogP) is 3.45. The van der Waals surface area contributed by atoms with E-state index in [1.807, 2.05) is 0 Å². The average molecular weight is 265 g/mol. The molecule has 0 fully saturated rings. The van der Waals surface area contributed by atoms with Crippen molar-refractivity contribution in [3.63, 3.8) is 0 Å². The molecule has 0 aliphatic heterocycles. The van der Waals surface area contributed by atoms with Crippen LogP contribution in [0, 0.1) is 12.7 Å². The van der Waals surface area contributed by atoms with Crippen molar-refractivity contribution >= 4 is 17.4 Å². The second-order valence-corrected chi connectivity index (χ2v) is 4.23. The predicted molar refractivity (Wildman–Crippen MR) is 67.2 cm³/mol. The van der Waals surface area contributed by atoms with Gasteiger partial charge in [0.1, 0.15) is 0 Å². The Morgan fingerprint density at radius 1 is 1.39 bits per heavy atom. The normalized spacial score (nSPS) is 10.4. The number of ketones is 1. The summed E-state index contributed by atoms with van der Waals surface area (Å²) in [5.74, 6) is -0.831. The highest BCUT2D eigenvalue weighted by Gasteiger charge is 2.18. The molecule has 2 aromatic heterocycles. The maximum absolute atomic E-state index is 14.0. The highest BCUT2D eigenvalue weighted by Crippen LogP contribution is 2.30. The number of aryl methyl sites for hydroxylation is 1. The van der Waals surface area contributed by atoms with E-state index in [-0.39, 0.29) is 16.5 Å². The first kappa shape index (κ1) is 12.6. The Balaban J connectivity index is 2.77. The Hall–Kier alpha value is -1.81. The fourth-order valence-corrected chi connectivity index (χ4v) is 1.87. The molecule has 0 amide bonds. The molecule has 5 heteroatoms. The van der Waals surface area contributed by atoms with E-state index in [2.05, 4.69) is 9.97 Å². The summed E-state index contributed by atoms with van der Waals surface area (Å²) in [6, 6.07) is 3.24. The standard InChI is InChI=1S/C13H10ClFN2O/c1-7-6-17-13(14)11(15)10(7)12-9(8(2)18)4-3-5-16-12/h3-6H,1-2H3. The summed E-state index contributed by atoms with van der Waals surface area (Å²) in [4.78, 5) is 19.3. The smallest absolute Gasteiger partial charge is 0.170 e. The van der Waals surface area contributed by atoms with Gasteiger partial charge in [-0.1, -0.05) is 11.6 Å². The summed E-state index contributed by atoms with van der Waals surface area (Å²) >= 11 is 5.67. The minimum atomic E-state index is -0.655. The van der Waals surface area contributed by atoms with Crippen molar-refractivity contribution in [1.29, 1.82) is 0 Å². The Bertz CT molecular complexity index is 628. The summed E-state index contributed by atoms with van der Waals surface area (Å²) in [5, 5.41) is -0.226. The van der Waals surface area contributed by atoms with Crippen LogP contribution in [0.2, 0.25) is 5.15 Å². The maximum Gasteiger partial charge on any atom is 0.170 e. The molecule has 3 nitrogen and oxygen atoms in total. The first-order valence-electron chi connectivity index (χ1n) is 5.29. The molecule has 2 heterocycles. The lowest BCUT2D eigenvalue weighted by Crippen LogP contribution is -2.02. The third kappa shape index (κ3) is 2.11. The van der Waals surface area contributed by atoms with E-state index in [0.717, 1.165) is 0 Å². The Labute approximate surface area is 109 Å². The zero-order valence-electron chi connectivity index (χ0n) is 9.87. The van der Waals surface area contributed by atoms with Gasteiger partial charge in [-0.3, -0.25) is 9.78 Å². The number of halogens is 2. The lowest BCUT2D eigenvalue weighted by molar-refractivity contribution is 0.101. The molecule has 92 valence electrons. The molecule has 0 unspecified atom stereocenters. The number of aromatic nitrogens is 2. The SMILES string of the molecule is CC(=O)c1cccnc1-c1c(C)cnc(Cl)c1F. The molecule has 2 aromatic rings. The highest BCUT2D eigenvalue weighted by atomic mass is 35.5. The van der Waals surface area contributed by atoms with Crippen LogP contribution in [-0.4, -0.2) is 15.8 Å². The summed E-state index contributed by atoms with van der Waals surface area (Å²) in [6.45, 7) is 3.11. The third-order valence-electron chi connectivity index (χ3n) is 2.59. The van der Waals surface area contributed by atoms with Crippen LogP contribution < -0.4 is 0 Å². The van der Waals surface area contributed by atoms with Crippen LogP contribution in [0.5, 0.6) is 0 Å². The fourth-order valence-electron chi connectivity index (χ4n) is 1.73. The molecule has 2 rings (SSSR count). The lowest BCUT2D eigenvalue weighted by Gasteiger charge is -2.10. The van der Waals surface area contributed by atoms with E-state index >= 15 is 0 Å². The molecular weight excluding hydrogens is 255 g/mol. The maximum atomic E-state index is 14.0. The number of rotatable bonds is 2. The summed E-state index contributed by atoms with van der Waals surface area (Å²) < 4.78 is 14.0. The Kier molecular flexibility index (Phi) is 3.39. The first-order valence-corrected chi connectivity index (χ1v) is 5.67. The molecule has 0 aliphatic carbocycles. The fraction of sp³-hybridized carbons (Fsp3) is 0.154. The van der Waals surface area contributed by atoms with E-state index in [0.29, 0.717) is 16.8 Å². The van der Waals surface area contributed by atoms with Crippen molar-refractivity contribution < 1.29 is 9.18 Å². The van der Waals surface area contributed by atoms with Crippen LogP contribution in [0.25, 0.3) is 11.3 Å². The number of carbonyl (C=O) groups excluding carboxylic acids is 1. The number of pyridine rings is 2. The molecule has 0 N–H and O–H groups in total. The van der Waals surface area contributed by atoms with Gasteiger partial charge in [0.05, 0.1) is 5.69 Å². The van der Waals surface area contributed by atoms with Gasteiger partial charge in [-0.15, -0.1) is 0 Å². The zero-order valence-corrected chi connectivity index (χ0v) is 10.6. The second-order valence-electron chi connectivity index (χ2n) is 3.88. The topological polar surface area (TPSA) is 42.9 Å². The molecule has 0 spiro atoms. The molecule has 18 heavy (non-hydrogen) atoms. The van der Waals surface area contributed by atoms with Gasteiger partial charge in [0.2, 0.25) is 0 Å². The second kappa shape index (κ2) is 4.82. The molecule has 0 saturated heterocycles. The van der Waals surface area contributed by atoms with Crippen LogP contribution >= 0.6 is 11.6 Å². The average Bonchev–Trinajstić information content (AvgIpc) is 2.35. The number of nitrogens with zero attached hydrogens (tertiary/aromatic N) is 2. The summed E-state index contributed by atoms with van der Waals surface area (Å²) in [5.41, 5.74) is 1.46. The van der Waals surface area contributed by atoms with Gasteiger partial charge in [-0.05, 0) is 31.5 Å². The molecule has 0 atom stereocenters. The van der Waals surface area contributed by atoms with Crippen LogP contribution in [-0.2, 0) is 0 Å².